The van der Waals surface area contributed by atoms with E-state index in [2.05, 4.69) is 5.32 Å². The molecule has 0 aromatic heterocycles. The van der Waals surface area contributed by atoms with Crippen LogP contribution >= 0.6 is 11.6 Å². The molecule has 2 aromatic carbocycles. The van der Waals surface area contributed by atoms with Gasteiger partial charge >= 0.3 is 6.18 Å². The molecule has 14 heteroatoms. The van der Waals surface area contributed by atoms with E-state index in [9.17, 15) is 27.2 Å². The van der Waals surface area contributed by atoms with Crippen molar-refractivity contribution < 1.29 is 36.3 Å². The molecule has 0 aliphatic carbocycles. The number of ether oxygens (including phenoxy) is 1. The molecule has 4 rings (SSSR count). The first-order valence-electron chi connectivity index (χ1n) is 12.7. The van der Waals surface area contributed by atoms with Crippen LogP contribution in [-0.2, 0) is 16.1 Å². The summed E-state index contributed by atoms with van der Waals surface area (Å²) in [7, 11) is 0. The summed E-state index contributed by atoms with van der Waals surface area (Å²) in [5.41, 5.74) is 5.60. The number of nitrogens with two attached hydrogens (primary N) is 1. The van der Waals surface area contributed by atoms with Crippen molar-refractivity contribution in [1.29, 1.82) is 0 Å². The highest BCUT2D eigenvalue weighted by molar-refractivity contribution is 6.31. The van der Waals surface area contributed by atoms with Crippen molar-refractivity contribution in [3.63, 3.8) is 0 Å². The molecule has 1 atom stereocenters. The maximum atomic E-state index is 15.0. The molecule has 0 saturated carbocycles. The molecule has 3 N–H and O–H groups in total. The highest BCUT2D eigenvalue weighted by atomic mass is 35.5. The van der Waals surface area contributed by atoms with Crippen molar-refractivity contribution in [3.8, 4) is 0 Å². The highest BCUT2D eigenvalue weighted by Gasteiger charge is 2.30. The van der Waals surface area contributed by atoms with E-state index in [-0.39, 0.29) is 31.8 Å². The number of carbonyl (C=O) groups excluding carboxylic acids is 2. The smallest absolute Gasteiger partial charge is 0.367 e. The van der Waals surface area contributed by atoms with Crippen molar-refractivity contribution in [2.24, 2.45) is 5.73 Å². The van der Waals surface area contributed by atoms with Crippen LogP contribution in [0.1, 0.15) is 22.3 Å². The molecule has 1 unspecified atom stereocenters. The second kappa shape index (κ2) is 12.7. The van der Waals surface area contributed by atoms with Crippen molar-refractivity contribution in [2.45, 2.75) is 25.2 Å². The van der Waals surface area contributed by atoms with Gasteiger partial charge in [-0.3, -0.25) is 19.4 Å². The molecule has 0 spiro atoms. The summed E-state index contributed by atoms with van der Waals surface area (Å²) in [4.78, 5) is 29.7. The molecule has 0 bridgehead atoms. The van der Waals surface area contributed by atoms with Crippen molar-refractivity contribution in [3.05, 3.63) is 58.1 Å². The van der Waals surface area contributed by atoms with Crippen LogP contribution in [0.4, 0.5) is 33.3 Å². The monoisotopic (exact) mass is 589 g/mol. The molecule has 2 aliphatic heterocycles. The van der Waals surface area contributed by atoms with Crippen molar-refractivity contribution in [1.82, 2.24) is 9.80 Å². The van der Waals surface area contributed by atoms with E-state index in [1.54, 1.807) is 15.9 Å². The molecule has 0 radical (unpaired) electrons. The van der Waals surface area contributed by atoms with E-state index in [1.165, 1.54) is 24.3 Å². The first kappa shape index (κ1) is 30.0. The Morgan fingerprint density at radius 3 is 2.42 bits per heavy atom. The average Bonchev–Trinajstić information content (AvgIpc) is 2.91. The van der Waals surface area contributed by atoms with E-state index >= 15 is 4.39 Å². The summed E-state index contributed by atoms with van der Waals surface area (Å²) in [6.07, 6.45) is -5.97. The number of hydrogen-bond acceptors (Lipinski definition) is 6. The lowest BCUT2D eigenvalue weighted by Crippen LogP contribution is -2.48. The summed E-state index contributed by atoms with van der Waals surface area (Å²) in [6.45, 7) is 2.15. The molecular weight excluding hydrogens is 561 g/mol. The van der Waals surface area contributed by atoms with Gasteiger partial charge in [0.15, 0.2) is 11.6 Å². The number of anilines is 2. The number of halogens is 6. The standard InChI is InChI=1S/C26H29ClF5N5O3/c27-17-2-4-19(20(13-17)37-9-7-35(8-10-37)6-5-26(30,31)32)34-25(39)18-3-1-16(22(28)23(18)29)14-36-11-12-40-21(15-36)24(33)38/h1-4,13,21H,5-12,14-15H2,(H2,33,38)(H,34,39). The zero-order chi connectivity index (χ0) is 29.0. The lowest BCUT2D eigenvalue weighted by Gasteiger charge is -2.37. The van der Waals surface area contributed by atoms with Crippen LogP contribution in [0.25, 0.3) is 0 Å². The number of amides is 2. The van der Waals surface area contributed by atoms with E-state index < -0.39 is 47.7 Å². The first-order chi connectivity index (χ1) is 18.9. The van der Waals surface area contributed by atoms with Crippen LogP contribution < -0.4 is 16.0 Å². The zero-order valence-corrected chi connectivity index (χ0v) is 22.2. The van der Waals surface area contributed by atoms with Crippen LogP contribution in [0.15, 0.2) is 30.3 Å². The van der Waals surface area contributed by atoms with Crippen LogP contribution in [0, 0.1) is 11.6 Å². The zero-order valence-electron chi connectivity index (χ0n) is 21.4. The van der Waals surface area contributed by atoms with Gasteiger partial charge in [-0.05, 0) is 24.3 Å². The summed E-state index contributed by atoms with van der Waals surface area (Å²) in [6, 6.07) is 7.16. The van der Waals surface area contributed by atoms with Crippen molar-refractivity contribution in [2.75, 3.05) is 62.6 Å². The lowest BCUT2D eigenvalue weighted by atomic mass is 10.1. The van der Waals surface area contributed by atoms with Gasteiger partial charge in [-0.1, -0.05) is 17.7 Å². The Bertz CT molecular complexity index is 1240. The third kappa shape index (κ3) is 7.59. The minimum absolute atomic E-state index is 0.00588. The second-order valence-electron chi connectivity index (χ2n) is 9.71. The van der Waals surface area contributed by atoms with Gasteiger partial charge < -0.3 is 20.7 Å². The SMILES string of the molecule is NC(=O)C1CN(Cc2ccc(C(=O)Nc3ccc(Cl)cc3N3CCN(CCC(F)(F)F)CC3)c(F)c2F)CCO1. The number of nitrogens with one attached hydrogen (secondary N) is 1. The normalized spacial score (nSPS) is 19.1. The van der Waals surface area contributed by atoms with Gasteiger partial charge in [-0.2, -0.15) is 13.2 Å². The molecule has 2 aliphatic rings. The van der Waals surface area contributed by atoms with E-state index in [0.29, 0.717) is 49.1 Å². The topological polar surface area (TPSA) is 91.1 Å². The quantitative estimate of drug-likeness (QED) is 0.457. The maximum absolute atomic E-state index is 15.0. The fraction of sp³-hybridized carbons (Fsp3) is 0.462. The van der Waals surface area contributed by atoms with E-state index in [0.717, 1.165) is 0 Å². The predicted octanol–water partition coefficient (Wildman–Crippen LogP) is 3.63. The summed E-state index contributed by atoms with van der Waals surface area (Å²) >= 11 is 6.17. The number of benzene rings is 2. The van der Waals surface area contributed by atoms with Gasteiger partial charge in [0.1, 0.15) is 6.10 Å². The minimum atomic E-state index is -4.23. The Labute approximate surface area is 232 Å². The summed E-state index contributed by atoms with van der Waals surface area (Å²) in [5.74, 6) is -4.02. The Morgan fingerprint density at radius 1 is 1.02 bits per heavy atom. The molecule has 218 valence electrons. The molecule has 2 amide bonds. The Balaban J connectivity index is 1.43. The van der Waals surface area contributed by atoms with Gasteiger partial charge in [0.2, 0.25) is 5.91 Å². The number of rotatable bonds is 8. The molecule has 2 heterocycles. The molecule has 8 nitrogen and oxygen atoms in total. The second-order valence-corrected chi connectivity index (χ2v) is 10.1. The van der Waals surface area contributed by atoms with Gasteiger partial charge in [0.05, 0.1) is 30.0 Å². The third-order valence-electron chi connectivity index (χ3n) is 6.90. The fourth-order valence-electron chi connectivity index (χ4n) is 4.71. The molecule has 2 saturated heterocycles. The van der Waals surface area contributed by atoms with Crippen LogP contribution in [0.5, 0.6) is 0 Å². The highest BCUT2D eigenvalue weighted by Crippen LogP contribution is 2.31. The Kier molecular flexibility index (Phi) is 9.49. The van der Waals surface area contributed by atoms with Crippen LogP contribution in [0.2, 0.25) is 5.02 Å². The minimum Gasteiger partial charge on any atom is -0.367 e. The fourth-order valence-corrected chi connectivity index (χ4v) is 4.87. The van der Waals surface area contributed by atoms with E-state index in [1.807, 2.05) is 4.90 Å². The van der Waals surface area contributed by atoms with Gasteiger partial charge in [-0.15, -0.1) is 0 Å². The molecule has 40 heavy (non-hydrogen) atoms. The Morgan fingerprint density at radius 2 is 1.75 bits per heavy atom. The lowest BCUT2D eigenvalue weighted by molar-refractivity contribution is -0.138. The molecular formula is C26H29ClF5N5O3. The largest absolute Gasteiger partial charge is 0.390 e. The maximum Gasteiger partial charge on any atom is 0.390 e. The van der Waals surface area contributed by atoms with Crippen LogP contribution in [-0.4, -0.2) is 86.3 Å². The van der Waals surface area contributed by atoms with Gasteiger partial charge in [0, 0.05) is 62.9 Å². The van der Waals surface area contributed by atoms with E-state index in [4.69, 9.17) is 22.1 Å². The van der Waals surface area contributed by atoms with Crippen molar-refractivity contribution >= 4 is 34.8 Å². The van der Waals surface area contributed by atoms with Gasteiger partial charge in [-0.25, -0.2) is 8.78 Å². The molecule has 2 fully saturated rings. The number of primary amides is 1. The number of piperazine rings is 1. The molecule has 2 aromatic rings. The third-order valence-corrected chi connectivity index (χ3v) is 7.14. The number of alkyl halides is 3. The summed E-state index contributed by atoms with van der Waals surface area (Å²) in [5, 5.41) is 2.98. The van der Waals surface area contributed by atoms with Crippen LogP contribution in [0.3, 0.4) is 0 Å². The predicted molar refractivity (Wildman–Crippen MR) is 139 cm³/mol. The summed E-state index contributed by atoms with van der Waals surface area (Å²) < 4.78 is 73.0. The number of carbonyl (C=O) groups is 2. The number of nitrogens with zero attached hydrogens (tertiary/aromatic N) is 3. The number of hydrogen-bond donors (Lipinski definition) is 2. The average molecular weight is 590 g/mol. The number of morpholine rings is 1. The Hall–Kier alpha value is -3.00. The van der Waals surface area contributed by atoms with Gasteiger partial charge in [0.25, 0.3) is 5.91 Å². The first-order valence-corrected chi connectivity index (χ1v) is 13.0.